The van der Waals surface area contributed by atoms with Gasteiger partial charge in [0.2, 0.25) is 11.3 Å². The van der Waals surface area contributed by atoms with E-state index >= 15 is 0 Å². The fourth-order valence-corrected chi connectivity index (χ4v) is 2.31. The molecule has 0 amide bonds. The molecule has 2 aromatic rings. The molecule has 106 valence electrons. The number of benzene rings is 2. The van der Waals surface area contributed by atoms with Crippen LogP contribution in [0.3, 0.4) is 0 Å². The molecule has 0 bridgehead atoms. The lowest BCUT2D eigenvalue weighted by molar-refractivity contribution is -0.141. The van der Waals surface area contributed by atoms with E-state index in [1.165, 1.54) is 0 Å². The first kappa shape index (κ1) is 15.0. The topological polar surface area (TPSA) is 66.7 Å². The second kappa shape index (κ2) is 6.37. The molecule has 2 rings (SSSR count). The van der Waals surface area contributed by atoms with Gasteiger partial charge in [0, 0.05) is 24.4 Å². The summed E-state index contributed by atoms with van der Waals surface area (Å²) in [6.07, 6.45) is -0.0690. The molecule has 0 aliphatic heterocycles. The zero-order valence-electron chi connectivity index (χ0n) is 11.1. The van der Waals surface area contributed by atoms with Crippen molar-refractivity contribution in [3.8, 4) is 0 Å². The third-order valence-corrected chi connectivity index (χ3v) is 3.54. The van der Waals surface area contributed by atoms with Crippen LogP contribution in [0.1, 0.15) is 15.9 Å². The van der Waals surface area contributed by atoms with Crippen molar-refractivity contribution in [2.24, 2.45) is 4.36 Å². The first-order chi connectivity index (χ1) is 10.1. The molecule has 0 fully saturated rings. The maximum absolute atomic E-state index is 12.6. The first-order valence-corrected chi connectivity index (χ1v) is 6.68. The zero-order chi connectivity index (χ0) is 15.3. The number of Topliss-reactive ketones (excluding diaryl/α,β-unsaturated/α-hetero) is 1. The summed E-state index contributed by atoms with van der Waals surface area (Å²) in [4.78, 5) is 24.3. The van der Waals surface area contributed by atoms with E-state index < -0.39 is 17.3 Å². The standard InChI is InChI=1S/C16H13NO3S/c18-14(13-9-5-2-6-10-13)16(17-21,15(19)20)11-12-7-3-1-4-8-12/h1-10H,11H2,(H,19,20)/t16-/m1/s1. The second-order valence-corrected chi connectivity index (χ2v) is 4.80. The van der Waals surface area contributed by atoms with Crippen LogP contribution in [-0.2, 0) is 23.6 Å². The summed E-state index contributed by atoms with van der Waals surface area (Å²) in [5.41, 5.74) is -1.000. The summed E-state index contributed by atoms with van der Waals surface area (Å²) in [7, 11) is 0. The fourth-order valence-electron chi connectivity index (χ4n) is 2.09. The lowest BCUT2D eigenvalue weighted by atomic mass is 9.84. The molecular formula is C16H13NO3S. The van der Waals surface area contributed by atoms with Crippen molar-refractivity contribution in [3.63, 3.8) is 0 Å². The average molecular weight is 299 g/mol. The Morgan fingerprint density at radius 1 is 1.00 bits per heavy atom. The molecule has 0 spiro atoms. The van der Waals surface area contributed by atoms with Gasteiger partial charge in [-0.15, -0.1) is 0 Å². The monoisotopic (exact) mass is 299 g/mol. The number of carboxylic acid groups (broad SMARTS) is 1. The summed E-state index contributed by atoms with van der Waals surface area (Å²) in [6.45, 7) is 0. The molecule has 2 aromatic carbocycles. The van der Waals surface area contributed by atoms with Crippen LogP contribution >= 0.6 is 0 Å². The average Bonchev–Trinajstić information content (AvgIpc) is 2.53. The van der Waals surface area contributed by atoms with E-state index in [-0.39, 0.29) is 12.0 Å². The highest BCUT2D eigenvalue weighted by Gasteiger charge is 2.46. The molecular weight excluding hydrogens is 286 g/mol. The normalized spacial score (nSPS) is 13.1. The van der Waals surface area contributed by atoms with E-state index in [2.05, 4.69) is 16.8 Å². The Balaban J connectivity index is 2.45. The highest BCUT2D eigenvalue weighted by Crippen LogP contribution is 2.24. The van der Waals surface area contributed by atoms with Gasteiger partial charge >= 0.3 is 5.97 Å². The Labute approximate surface area is 127 Å². The molecule has 1 atom stereocenters. The molecule has 1 N–H and O–H groups in total. The van der Waals surface area contributed by atoms with Crippen molar-refractivity contribution in [2.75, 3.05) is 0 Å². The van der Waals surface area contributed by atoms with Gasteiger partial charge in [-0.2, -0.15) is 4.36 Å². The molecule has 4 nitrogen and oxygen atoms in total. The maximum atomic E-state index is 12.6. The van der Waals surface area contributed by atoms with E-state index in [1.807, 2.05) is 6.07 Å². The summed E-state index contributed by atoms with van der Waals surface area (Å²) >= 11 is 4.66. The summed E-state index contributed by atoms with van der Waals surface area (Å²) in [6, 6.07) is 17.1. The number of hydrogen-bond acceptors (Lipinski definition) is 4. The number of carbonyl (C=O) groups is 2. The van der Waals surface area contributed by atoms with Gasteiger partial charge in [0.05, 0.1) is 0 Å². The van der Waals surface area contributed by atoms with Gasteiger partial charge in [-0.1, -0.05) is 60.7 Å². The van der Waals surface area contributed by atoms with Crippen LogP contribution in [0.2, 0.25) is 0 Å². The van der Waals surface area contributed by atoms with Gasteiger partial charge in [-0.25, -0.2) is 4.79 Å². The van der Waals surface area contributed by atoms with Crippen LogP contribution in [0.5, 0.6) is 0 Å². The van der Waals surface area contributed by atoms with Crippen molar-refractivity contribution in [2.45, 2.75) is 12.0 Å². The van der Waals surface area contributed by atoms with Crippen molar-refractivity contribution in [3.05, 3.63) is 71.8 Å². The van der Waals surface area contributed by atoms with E-state index in [9.17, 15) is 14.7 Å². The molecule has 5 heteroatoms. The molecule has 0 aromatic heterocycles. The van der Waals surface area contributed by atoms with Gasteiger partial charge in [-0.3, -0.25) is 4.79 Å². The molecule has 0 saturated heterocycles. The summed E-state index contributed by atoms with van der Waals surface area (Å²) in [5, 5.41) is 9.54. The summed E-state index contributed by atoms with van der Waals surface area (Å²) < 4.78 is 3.52. The lowest BCUT2D eigenvalue weighted by Crippen LogP contribution is -2.46. The number of nitrogens with zero attached hydrogens (tertiary/aromatic N) is 1. The highest BCUT2D eigenvalue weighted by atomic mass is 32.1. The van der Waals surface area contributed by atoms with Crippen LogP contribution in [0.4, 0.5) is 0 Å². The van der Waals surface area contributed by atoms with Gasteiger partial charge in [0.1, 0.15) is 0 Å². The van der Waals surface area contributed by atoms with E-state index in [0.29, 0.717) is 5.56 Å². The Bertz CT molecular complexity index is 658. The number of carbonyl (C=O) groups excluding carboxylic acids is 1. The van der Waals surface area contributed by atoms with Crippen molar-refractivity contribution in [1.29, 1.82) is 0 Å². The van der Waals surface area contributed by atoms with Gasteiger partial charge in [0.15, 0.2) is 0 Å². The van der Waals surface area contributed by atoms with Crippen LogP contribution < -0.4 is 0 Å². The fraction of sp³-hybridized carbons (Fsp3) is 0.125. The van der Waals surface area contributed by atoms with Crippen molar-refractivity contribution >= 4 is 24.2 Å². The number of carboxylic acids is 1. The Kier molecular flexibility index (Phi) is 4.55. The predicted octanol–water partition coefficient (Wildman–Crippen LogP) is 2.67. The SMILES string of the molecule is O=C(O)[C@](Cc1ccccc1)(N=S)C(=O)c1ccccc1. The van der Waals surface area contributed by atoms with Crippen LogP contribution in [0.15, 0.2) is 65.0 Å². The Morgan fingerprint density at radius 3 is 2.00 bits per heavy atom. The second-order valence-electron chi connectivity index (χ2n) is 4.61. The maximum Gasteiger partial charge on any atom is 0.341 e. The lowest BCUT2D eigenvalue weighted by Gasteiger charge is -2.22. The van der Waals surface area contributed by atoms with Gasteiger partial charge in [-0.05, 0) is 5.56 Å². The third-order valence-electron chi connectivity index (χ3n) is 3.22. The number of aliphatic carboxylic acids is 1. The summed E-state index contributed by atoms with van der Waals surface area (Å²) in [5.74, 6) is -1.94. The van der Waals surface area contributed by atoms with Crippen molar-refractivity contribution in [1.82, 2.24) is 0 Å². The molecule has 0 aliphatic carbocycles. The van der Waals surface area contributed by atoms with E-state index in [4.69, 9.17) is 0 Å². The van der Waals surface area contributed by atoms with E-state index in [0.717, 1.165) is 0 Å². The van der Waals surface area contributed by atoms with Crippen LogP contribution in [0, 0.1) is 0 Å². The van der Waals surface area contributed by atoms with Gasteiger partial charge in [0.25, 0.3) is 0 Å². The number of hydrogen-bond donors (Lipinski definition) is 1. The third kappa shape index (κ3) is 3.03. The molecule has 21 heavy (non-hydrogen) atoms. The predicted molar refractivity (Wildman–Crippen MR) is 81.1 cm³/mol. The minimum absolute atomic E-state index is 0.0690. The number of ketones is 1. The minimum atomic E-state index is -1.97. The van der Waals surface area contributed by atoms with Crippen molar-refractivity contribution < 1.29 is 14.7 Å². The molecule has 0 unspecified atom stereocenters. The van der Waals surface area contributed by atoms with Crippen LogP contribution in [0.25, 0.3) is 0 Å². The molecule has 0 saturated carbocycles. The Morgan fingerprint density at radius 2 is 1.52 bits per heavy atom. The largest absolute Gasteiger partial charge is 0.479 e. The highest BCUT2D eigenvalue weighted by molar-refractivity contribution is 7.47. The molecule has 0 heterocycles. The van der Waals surface area contributed by atoms with Gasteiger partial charge < -0.3 is 5.11 Å². The smallest absolute Gasteiger partial charge is 0.341 e. The molecule has 0 radical (unpaired) electrons. The Hall–Kier alpha value is -2.40. The van der Waals surface area contributed by atoms with E-state index in [1.54, 1.807) is 54.6 Å². The van der Waals surface area contributed by atoms with Crippen LogP contribution in [-0.4, -0.2) is 22.4 Å². The minimum Gasteiger partial charge on any atom is -0.479 e. The molecule has 0 aliphatic rings. The quantitative estimate of drug-likeness (QED) is 0.658. The number of rotatable bonds is 6. The first-order valence-electron chi connectivity index (χ1n) is 6.32. The zero-order valence-corrected chi connectivity index (χ0v) is 11.9.